The molecule has 0 aliphatic rings. The molecule has 0 saturated carbocycles. The maximum absolute atomic E-state index is 12.3. The predicted octanol–water partition coefficient (Wildman–Crippen LogP) is 5.95. The highest BCUT2D eigenvalue weighted by molar-refractivity contribution is 5.96. The molecule has 4 rings (SSSR count). The number of unbranched alkanes of at least 4 members (excludes halogenated alkanes) is 1. The van der Waals surface area contributed by atoms with Crippen molar-refractivity contribution in [2.75, 3.05) is 5.32 Å². The quantitative estimate of drug-likeness (QED) is 0.234. The Morgan fingerprint density at radius 2 is 1.65 bits per heavy atom. The zero-order chi connectivity index (χ0) is 26.2. The van der Waals surface area contributed by atoms with E-state index >= 15 is 0 Å². The third-order valence-electron chi connectivity index (χ3n) is 6.07. The molecule has 37 heavy (non-hydrogen) atoms. The molecule has 0 radical (unpaired) electrons. The van der Waals surface area contributed by atoms with Gasteiger partial charge in [0.05, 0.1) is 6.04 Å². The Morgan fingerprint density at radius 3 is 2.30 bits per heavy atom. The molecule has 0 aliphatic heterocycles. The first-order valence-corrected chi connectivity index (χ1v) is 12.3. The molecule has 1 aromatic heterocycles. The molecule has 4 aromatic rings. The van der Waals surface area contributed by atoms with E-state index in [0.717, 1.165) is 41.6 Å². The number of nitrogens with zero attached hydrogens (tertiary/aromatic N) is 2. The Kier molecular flexibility index (Phi) is 8.30. The van der Waals surface area contributed by atoms with E-state index in [2.05, 4.69) is 39.8 Å². The number of carboxylic acids is 1. The van der Waals surface area contributed by atoms with Gasteiger partial charge in [-0.15, -0.1) is 0 Å². The fraction of sp³-hybridized carbons (Fsp3) is 0.241. The lowest BCUT2D eigenvalue weighted by molar-refractivity contribution is -0.138. The van der Waals surface area contributed by atoms with Gasteiger partial charge in [-0.1, -0.05) is 67.4 Å². The summed E-state index contributed by atoms with van der Waals surface area (Å²) in [6.45, 7) is 3.59. The zero-order valence-electron chi connectivity index (χ0n) is 20.8. The number of nitrogens with one attached hydrogen (secondary N) is 2. The number of carbonyl (C=O) groups is 2. The maximum atomic E-state index is 12.3. The van der Waals surface area contributed by atoms with E-state index in [4.69, 9.17) is 9.63 Å². The third-order valence-corrected chi connectivity index (χ3v) is 6.07. The van der Waals surface area contributed by atoms with Crippen LogP contribution in [-0.4, -0.2) is 33.2 Å². The van der Waals surface area contributed by atoms with Crippen LogP contribution < -0.4 is 10.6 Å². The molecule has 1 unspecified atom stereocenters. The summed E-state index contributed by atoms with van der Waals surface area (Å²) in [5.41, 5.74) is 4.15. The van der Waals surface area contributed by atoms with Gasteiger partial charge in [0.2, 0.25) is 5.82 Å². The van der Waals surface area contributed by atoms with Gasteiger partial charge >= 0.3 is 5.97 Å². The number of carboxylic acid groups (broad SMARTS) is 1. The van der Waals surface area contributed by atoms with Crippen molar-refractivity contribution < 1.29 is 19.2 Å². The molecule has 0 fully saturated rings. The van der Waals surface area contributed by atoms with E-state index in [9.17, 15) is 9.59 Å². The molecule has 3 N–H and O–H groups in total. The normalized spacial score (nSPS) is 12.5. The summed E-state index contributed by atoms with van der Waals surface area (Å²) < 4.78 is 5.44. The summed E-state index contributed by atoms with van der Waals surface area (Å²) in [5, 5.41) is 19.2. The third kappa shape index (κ3) is 6.61. The number of aromatic nitrogens is 2. The summed E-state index contributed by atoms with van der Waals surface area (Å²) in [4.78, 5) is 27.8. The number of carbonyl (C=O) groups excluding carboxylic acids is 1. The van der Waals surface area contributed by atoms with Crippen molar-refractivity contribution in [3.63, 3.8) is 0 Å². The monoisotopic (exact) mass is 498 g/mol. The topological polar surface area (TPSA) is 117 Å². The van der Waals surface area contributed by atoms with Gasteiger partial charge in [-0.2, -0.15) is 4.98 Å². The fourth-order valence-electron chi connectivity index (χ4n) is 3.89. The molecule has 8 heteroatoms. The van der Waals surface area contributed by atoms with Gasteiger partial charge in [-0.25, -0.2) is 0 Å². The fourth-order valence-corrected chi connectivity index (χ4v) is 3.89. The Balaban J connectivity index is 1.46. The molecule has 0 bridgehead atoms. The number of benzene rings is 3. The Morgan fingerprint density at radius 1 is 0.946 bits per heavy atom. The molecule has 1 amide bonds. The van der Waals surface area contributed by atoms with Crippen molar-refractivity contribution in [3.8, 4) is 22.8 Å². The minimum atomic E-state index is -1.08. The zero-order valence-corrected chi connectivity index (χ0v) is 20.8. The van der Waals surface area contributed by atoms with Crippen molar-refractivity contribution in [3.05, 3.63) is 90.0 Å². The number of anilines is 1. The van der Waals surface area contributed by atoms with Crippen LogP contribution in [0.4, 0.5) is 5.69 Å². The number of hydrogen-bond acceptors (Lipinski definition) is 6. The number of rotatable bonds is 11. The van der Waals surface area contributed by atoms with Crippen LogP contribution in [0.1, 0.15) is 55.1 Å². The Bertz CT molecular complexity index is 1320. The number of aliphatic carboxylic acids is 1. The van der Waals surface area contributed by atoms with Crippen molar-refractivity contribution in [1.82, 2.24) is 15.5 Å². The van der Waals surface area contributed by atoms with E-state index in [1.807, 2.05) is 54.6 Å². The van der Waals surface area contributed by atoms with Gasteiger partial charge in [0, 0.05) is 22.4 Å². The van der Waals surface area contributed by atoms with E-state index in [0.29, 0.717) is 17.3 Å². The molecule has 0 aliphatic carbocycles. The van der Waals surface area contributed by atoms with Crippen molar-refractivity contribution in [2.45, 2.75) is 45.2 Å². The van der Waals surface area contributed by atoms with Crippen LogP contribution in [0, 0.1) is 0 Å². The SMILES string of the molecule is CCCCC(Nc1ccc(C(=O)N[C@@H](C)C(=O)O)cc1)c1ccc(-c2noc(-c3ccccc3)n2)cc1. The largest absolute Gasteiger partial charge is 0.480 e. The van der Waals surface area contributed by atoms with E-state index in [1.54, 1.807) is 12.1 Å². The van der Waals surface area contributed by atoms with Crippen molar-refractivity contribution in [1.29, 1.82) is 0 Å². The highest BCUT2D eigenvalue weighted by Crippen LogP contribution is 2.28. The number of hydrogen-bond donors (Lipinski definition) is 3. The van der Waals surface area contributed by atoms with Crippen LogP contribution in [0.5, 0.6) is 0 Å². The van der Waals surface area contributed by atoms with Crippen LogP contribution >= 0.6 is 0 Å². The Labute approximate surface area is 215 Å². The molecule has 8 nitrogen and oxygen atoms in total. The van der Waals surface area contributed by atoms with Gasteiger partial charge in [0.1, 0.15) is 6.04 Å². The van der Waals surface area contributed by atoms with Gasteiger partial charge in [0.25, 0.3) is 11.8 Å². The first kappa shape index (κ1) is 25.6. The summed E-state index contributed by atoms with van der Waals surface area (Å²) in [6.07, 6.45) is 3.06. The van der Waals surface area contributed by atoms with E-state index in [1.165, 1.54) is 6.92 Å². The highest BCUT2D eigenvalue weighted by Gasteiger charge is 2.17. The molecule has 3 aromatic carbocycles. The summed E-state index contributed by atoms with van der Waals surface area (Å²) in [7, 11) is 0. The standard InChI is InChI=1S/C29H30N4O4/c1-3-4-10-25(31-24-17-15-22(16-18-24)27(34)30-19(2)29(35)36)20-11-13-21(14-12-20)26-32-28(37-33-26)23-8-6-5-7-9-23/h5-9,11-19,25,31H,3-4,10H2,1-2H3,(H,30,34)(H,35,36)/t19-,25?/m0/s1. The molecule has 2 atom stereocenters. The lowest BCUT2D eigenvalue weighted by Crippen LogP contribution is -2.38. The second kappa shape index (κ2) is 12.0. The first-order valence-electron chi connectivity index (χ1n) is 12.3. The summed E-state index contributed by atoms with van der Waals surface area (Å²) in [6, 6.07) is 23.9. The predicted molar refractivity (Wildman–Crippen MR) is 142 cm³/mol. The maximum Gasteiger partial charge on any atom is 0.325 e. The average molecular weight is 499 g/mol. The molecule has 0 saturated heterocycles. The summed E-state index contributed by atoms with van der Waals surface area (Å²) in [5.74, 6) is -0.477. The van der Waals surface area contributed by atoms with E-state index in [-0.39, 0.29) is 6.04 Å². The van der Waals surface area contributed by atoms with Gasteiger partial charge in [-0.3, -0.25) is 9.59 Å². The minimum absolute atomic E-state index is 0.0749. The molecule has 1 heterocycles. The van der Waals surface area contributed by atoms with Crippen LogP contribution in [-0.2, 0) is 4.79 Å². The number of amides is 1. The van der Waals surface area contributed by atoms with Crippen LogP contribution in [0.2, 0.25) is 0 Å². The molecular weight excluding hydrogens is 468 g/mol. The first-order chi connectivity index (χ1) is 17.9. The Hall–Kier alpha value is -4.46. The molecule has 190 valence electrons. The highest BCUT2D eigenvalue weighted by atomic mass is 16.5. The van der Waals surface area contributed by atoms with Crippen LogP contribution in [0.25, 0.3) is 22.8 Å². The molecular formula is C29H30N4O4. The van der Waals surface area contributed by atoms with Gasteiger partial charge in [0.15, 0.2) is 0 Å². The summed E-state index contributed by atoms with van der Waals surface area (Å²) >= 11 is 0. The van der Waals surface area contributed by atoms with Gasteiger partial charge in [-0.05, 0) is 55.3 Å². The minimum Gasteiger partial charge on any atom is -0.480 e. The van der Waals surface area contributed by atoms with Crippen LogP contribution in [0.3, 0.4) is 0 Å². The van der Waals surface area contributed by atoms with Crippen molar-refractivity contribution in [2.24, 2.45) is 0 Å². The van der Waals surface area contributed by atoms with E-state index < -0.39 is 17.9 Å². The average Bonchev–Trinajstić information content (AvgIpc) is 3.42. The lowest BCUT2D eigenvalue weighted by Gasteiger charge is -2.21. The van der Waals surface area contributed by atoms with Gasteiger partial charge < -0.3 is 20.3 Å². The smallest absolute Gasteiger partial charge is 0.325 e. The second-order valence-electron chi connectivity index (χ2n) is 8.86. The molecule has 0 spiro atoms. The lowest BCUT2D eigenvalue weighted by atomic mass is 9.99. The second-order valence-corrected chi connectivity index (χ2v) is 8.86. The van der Waals surface area contributed by atoms with Crippen molar-refractivity contribution >= 4 is 17.6 Å². The van der Waals surface area contributed by atoms with Crippen LogP contribution in [0.15, 0.2) is 83.4 Å².